The third-order valence-electron chi connectivity index (χ3n) is 6.71. The molecule has 2 fully saturated rings. The number of amides is 2. The van der Waals surface area contributed by atoms with E-state index < -0.39 is 6.04 Å². The van der Waals surface area contributed by atoms with Gasteiger partial charge in [0, 0.05) is 37.8 Å². The number of piperazine rings is 1. The molecule has 2 amide bonds. The van der Waals surface area contributed by atoms with E-state index in [9.17, 15) is 9.59 Å². The number of nitrogens with one attached hydrogen (secondary N) is 1. The molecular formula is C24H37N3O3. The number of benzene rings is 1. The molecule has 0 aromatic heterocycles. The number of methoxy groups -OCH3 is 1. The lowest BCUT2D eigenvalue weighted by atomic mass is 9.79. The summed E-state index contributed by atoms with van der Waals surface area (Å²) >= 11 is 0. The van der Waals surface area contributed by atoms with Gasteiger partial charge in [0.15, 0.2) is 0 Å². The maximum absolute atomic E-state index is 13.2. The van der Waals surface area contributed by atoms with Crippen LogP contribution in [0.4, 0.5) is 5.69 Å². The van der Waals surface area contributed by atoms with Gasteiger partial charge in [0.05, 0.1) is 7.11 Å². The van der Waals surface area contributed by atoms with Crippen molar-refractivity contribution in [2.24, 2.45) is 17.8 Å². The molecule has 1 aliphatic heterocycles. The van der Waals surface area contributed by atoms with Crippen LogP contribution in [0, 0.1) is 17.8 Å². The molecule has 1 saturated carbocycles. The van der Waals surface area contributed by atoms with Crippen molar-refractivity contribution in [3.05, 3.63) is 24.3 Å². The van der Waals surface area contributed by atoms with Gasteiger partial charge in [0.1, 0.15) is 11.8 Å². The number of carbonyl (C=O) groups excluding carboxylic acids is 2. The Morgan fingerprint density at radius 3 is 2.23 bits per heavy atom. The molecule has 0 radical (unpaired) electrons. The average Bonchev–Trinajstić information content (AvgIpc) is 2.77. The standard InChI is InChI=1S/C24H37N3O3/c1-17(2)22(25-23(28)21-8-6-5-7-18(21)3)24(29)27-15-13-26(14-16-27)19-9-11-20(30-4)12-10-19/h9-12,17-18,21-22H,5-8,13-16H2,1-4H3,(H,25,28)/t18-,21+,22+/m0/s1. The molecule has 0 spiro atoms. The first-order valence-corrected chi connectivity index (χ1v) is 11.4. The van der Waals surface area contributed by atoms with Crippen LogP contribution < -0.4 is 15.0 Å². The van der Waals surface area contributed by atoms with Gasteiger partial charge in [-0.1, -0.05) is 33.6 Å². The van der Waals surface area contributed by atoms with E-state index in [0.29, 0.717) is 19.0 Å². The number of anilines is 1. The average molecular weight is 416 g/mol. The number of nitrogens with zero attached hydrogens (tertiary/aromatic N) is 2. The van der Waals surface area contributed by atoms with E-state index >= 15 is 0 Å². The maximum atomic E-state index is 13.2. The summed E-state index contributed by atoms with van der Waals surface area (Å²) in [5.41, 5.74) is 1.14. The monoisotopic (exact) mass is 415 g/mol. The van der Waals surface area contributed by atoms with E-state index in [4.69, 9.17) is 4.74 Å². The molecule has 0 unspecified atom stereocenters. The Kier molecular flexibility index (Phi) is 7.62. The molecule has 6 nitrogen and oxygen atoms in total. The first-order valence-electron chi connectivity index (χ1n) is 11.4. The number of rotatable bonds is 6. The number of carbonyl (C=O) groups is 2. The Hall–Kier alpha value is -2.24. The van der Waals surface area contributed by atoms with Gasteiger partial charge in [-0.2, -0.15) is 0 Å². The SMILES string of the molecule is COc1ccc(N2CCN(C(=O)[C@H](NC(=O)[C@@H]3CCCC[C@@H]3C)C(C)C)CC2)cc1. The Bertz CT molecular complexity index is 711. The van der Waals surface area contributed by atoms with Crippen LogP contribution in [0.15, 0.2) is 24.3 Å². The van der Waals surface area contributed by atoms with Crippen molar-refractivity contribution in [2.45, 2.75) is 52.5 Å². The molecule has 1 aliphatic carbocycles. The predicted octanol–water partition coefficient (Wildman–Crippen LogP) is 3.31. The molecule has 3 rings (SSSR count). The molecule has 1 aromatic rings. The summed E-state index contributed by atoms with van der Waals surface area (Å²) in [6.07, 6.45) is 4.35. The third kappa shape index (κ3) is 5.27. The summed E-state index contributed by atoms with van der Waals surface area (Å²) in [4.78, 5) is 30.3. The largest absolute Gasteiger partial charge is 0.497 e. The molecule has 0 bridgehead atoms. The van der Waals surface area contributed by atoms with Crippen molar-refractivity contribution in [1.82, 2.24) is 10.2 Å². The zero-order valence-electron chi connectivity index (χ0n) is 18.9. The molecular weight excluding hydrogens is 378 g/mol. The van der Waals surface area contributed by atoms with Crippen LogP contribution in [0.2, 0.25) is 0 Å². The Morgan fingerprint density at radius 1 is 1.03 bits per heavy atom. The second-order valence-corrected chi connectivity index (χ2v) is 9.11. The van der Waals surface area contributed by atoms with Crippen LogP contribution in [0.3, 0.4) is 0 Å². The smallest absolute Gasteiger partial charge is 0.245 e. The summed E-state index contributed by atoms with van der Waals surface area (Å²) in [7, 11) is 1.66. The van der Waals surface area contributed by atoms with E-state index in [-0.39, 0.29) is 23.7 Å². The lowest BCUT2D eigenvalue weighted by Crippen LogP contribution is -2.57. The molecule has 30 heavy (non-hydrogen) atoms. The van der Waals surface area contributed by atoms with Gasteiger partial charge < -0.3 is 19.9 Å². The van der Waals surface area contributed by atoms with Gasteiger partial charge >= 0.3 is 0 Å². The Labute approximate surface area is 180 Å². The van der Waals surface area contributed by atoms with Crippen molar-refractivity contribution in [3.63, 3.8) is 0 Å². The van der Waals surface area contributed by atoms with E-state index in [1.165, 1.54) is 6.42 Å². The van der Waals surface area contributed by atoms with E-state index in [1.807, 2.05) is 30.9 Å². The summed E-state index contributed by atoms with van der Waals surface area (Å²) in [5, 5.41) is 3.11. The molecule has 166 valence electrons. The third-order valence-corrected chi connectivity index (χ3v) is 6.71. The summed E-state index contributed by atoms with van der Waals surface area (Å²) < 4.78 is 5.23. The van der Waals surface area contributed by atoms with Crippen LogP contribution in [-0.4, -0.2) is 56.0 Å². The number of hydrogen-bond acceptors (Lipinski definition) is 4. The van der Waals surface area contributed by atoms with E-state index in [1.54, 1.807) is 7.11 Å². The fourth-order valence-electron chi connectivity index (χ4n) is 4.65. The Morgan fingerprint density at radius 2 is 1.67 bits per heavy atom. The predicted molar refractivity (Wildman–Crippen MR) is 120 cm³/mol. The van der Waals surface area contributed by atoms with Gasteiger partial charge in [-0.3, -0.25) is 9.59 Å². The zero-order valence-corrected chi connectivity index (χ0v) is 18.9. The van der Waals surface area contributed by atoms with Crippen LogP contribution in [-0.2, 0) is 9.59 Å². The first-order chi connectivity index (χ1) is 14.4. The van der Waals surface area contributed by atoms with Gasteiger partial charge in [0.25, 0.3) is 0 Å². The summed E-state index contributed by atoms with van der Waals surface area (Å²) in [6, 6.07) is 7.59. The van der Waals surface area contributed by atoms with Gasteiger partial charge in [-0.15, -0.1) is 0 Å². The molecule has 6 heteroatoms. The molecule has 1 heterocycles. The van der Waals surface area contributed by atoms with Crippen molar-refractivity contribution >= 4 is 17.5 Å². The van der Waals surface area contributed by atoms with Crippen LogP contribution >= 0.6 is 0 Å². The van der Waals surface area contributed by atoms with Crippen molar-refractivity contribution in [2.75, 3.05) is 38.2 Å². The van der Waals surface area contributed by atoms with E-state index in [0.717, 1.165) is 43.8 Å². The Balaban J connectivity index is 1.57. The summed E-state index contributed by atoms with van der Waals surface area (Å²) in [6.45, 7) is 9.11. The second-order valence-electron chi connectivity index (χ2n) is 9.11. The minimum absolute atomic E-state index is 0.0414. The maximum Gasteiger partial charge on any atom is 0.245 e. The molecule has 3 atom stereocenters. The normalized spacial score (nSPS) is 23.2. The van der Waals surface area contributed by atoms with Gasteiger partial charge in [-0.25, -0.2) is 0 Å². The van der Waals surface area contributed by atoms with Crippen LogP contribution in [0.25, 0.3) is 0 Å². The van der Waals surface area contributed by atoms with Gasteiger partial charge in [-0.05, 0) is 48.9 Å². The number of ether oxygens (including phenoxy) is 1. The molecule has 1 aromatic carbocycles. The minimum Gasteiger partial charge on any atom is -0.497 e. The quantitative estimate of drug-likeness (QED) is 0.774. The highest BCUT2D eigenvalue weighted by molar-refractivity contribution is 5.89. The van der Waals surface area contributed by atoms with Gasteiger partial charge in [0.2, 0.25) is 11.8 Å². The molecule has 2 aliphatic rings. The number of hydrogen-bond donors (Lipinski definition) is 1. The fourth-order valence-corrected chi connectivity index (χ4v) is 4.65. The zero-order chi connectivity index (χ0) is 21.7. The second kappa shape index (κ2) is 10.2. The van der Waals surface area contributed by atoms with E-state index in [2.05, 4.69) is 29.3 Å². The molecule has 1 saturated heterocycles. The fraction of sp³-hybridized carbons (Fsp3) is 0.667. The molecule has 1 N–H and O–H groups in total. The van der Waals surface area contributed by atoms with Crippen LogP contribution in [0.1, 0.15) is 46.5 Å². The van der Waals surface area contributed by atoms with Crippen molar-refractivity contribution < 1.29 is 14.3 Å². The highest BCUT2D eigenvalue weighted by atomic mass is 16.5. The highest BCUT2D eigenvalue weighted by Gasteiger charge is 2.34. The summed E-state index contributed by atoms with van der Waals surface area (Å²) in [5.74, 6) is 1.46. The highest BCUT2D eigenvalue weighted by Crippen LogP contribution is 2.30. The van der Waals surface area contributed by atoms with Crippen LogP contribution in [0.5, 0.6) is 5.75 Å². The minimum atomic E-state index is -0.445. The first kappa shape index (κ1) is 22.4. The lowest BCUT2D eigenvalue weighted by molar-refractivity contribution is -0.139. The van der Waals surface area contributed by atoms with Crippen molar-refractivity contribution in [3.8, 4) is 5.75 Å². The van der Waals surface area contributed by atoms with Crippen molar-refractivity contribution in [1.29, 1.82) is 0 Å². The topological polar surface area (TPSA) is 61.9 Å². The lowest BCUT2D eigenvalue weighted by Gasteiger charge is -2.39.